The topological polar surface area (TPSA) is 74.0 Å². The van der Waals surface area contributed by atoms with Gasteiger partial charge in [0.15, 0.2) is 0 Å². The van der Waals surface area contributed by atoms with Crippen LogP contribution in [0.15, 0.2) is 42.6 Å². The fraction of sp³-hybridized carbons (Fsp3) is 0.273. The van der Waals surface area contributed by atoms with Crippen molar-refractivity contribution in [2.45, 2.75) is 32.6 Å². The molecule has 2 aromatic carbocycles. The fourth-order valence-electron chi connectivity index (χ4n) is 3.88. The molecule has 5 nitrogen and oxygen atoms in total. The molecule has 1 aliphatic carbocycles. The summed E-state index contributed by atoms with van der Waals surface area (Å²) in [5, 5.41) is 6.60. The van der Waals surface area contributed by atoms with Gasteiger partial charge in [-0.1, -0.05) is 18.2 Å². The van der Waals surface area contributed by atoms with Crippen LogP contribution >= 0.6 is 0 Å². The molecule has 4 rings (SSSR count). The van der Waals surface area contributed by atoms with Crippen LogP contribution in [0.1, 0.15) is 28.7 Å². The molecular formula is C22H23N3O2. The van der Waals surface area contributed by atoms with Gasteiger partial charge in [-0.2, -0.15) is 0 Å². The predicted octanol–water partition coefficient (Wildman–Crippen LogP) is 3.26. The zero-order valence-electron chi connectivity index (χ0n) is 15.4. The number of benzene rings is 2. The Kier molecular flexibility index (Phi) is 4.67. The van der Waals surface area contributed by atoms with E-state index in [2.05, 4.69) is 28.6 Å². The van der Waals surface area contributed by atoms with Gasteiger partial charge in [-0.3, -0.25) is 9.59 Å². The second-order valence-electron chi connectivity index (χ2n) is 7.11. The van der Waals surface area contributed by atoms with Gasteiger partial charge in [-0.25, -0.2) is 0 Å². The van der Waals surface area contributed by atoms with Crippen LogP contribution in [0.4, 0.5) is 5.69 Å². The second-order valence-corrected chi connectivity index (χ2v) is 7.11. The van der Waals surface area contributed by atoms with Crippen LogP contribution in [0.3, 0.4) is 0 Å². The SMILES string of the molecule is Cc1cccc2[nH]cc(CCNC(=O)C(=O)Nc3ccc4c(c3)CCC4)c12. The van der Waals surface area contributed by atoms with Crippen LogP contribution in [0.25, 0.3) is 10.9 Å². The minimum Gasteiger partial charge on any atom is -0.361 e. The summed E-state index contributed by atoms with van der Waals surface area (Å²) in [5.74, 6) is -1.23. The Morgan fingerprint density at radius 1 is 1.07 bits per heavy atom. The first-order valence-electron chi connectivity index (χ1n) is 9.38. The number of aryl methyl sites for hydroxylation is 3. The average Bonchev–Trinajstić information content (AvgIpc) is 3.29. The first kappa shape index (κ1) is 17.3. The summed E-state index contributed by atoms with van der Waals surface area (Å²) in [4.78, 5) is 27.5. The molecule has 0 bridgehead atoms. The standard InChI is InChI=1S/C22H23N3O2/c1-14-4-2-7-19-20(14)17(13-24-19)10-11-23-21(26)22(27)25-18-9-8-15-5-3-6-16(15)12-18/h2,4,7-9,12-13,24H,3,5-6,10-11H2,1H3,(H,23,26)(H,25,27). The maximum Gasteiger partial charge on any atom is 0.313 e. The van der Waals surface area contributed by atoms with Crippen molar-refractivity contribution in [3.63, 3.8) is 0 Å². The number of H-pyrrole nitrogens is 1. The molecule has 5 heteroatoms. The molecular weight excluding hydrogens is 338 g/mol. The van der Waals surface area contributed by atoms with E-state index in [4.69, 9.17) is 0 Å². The first-order chi connectivity index (χ1) is 13.1. The maximum atomic E-state index is 12.1. The van der Waals surface area contributed by atoms with Gasteiger partial charge in [0.1, 0.15) is 0 Å². The van der Waals surface area contributed by atoms with E-state index in [1.807, 2.05) is 36.5 Å². The van der Waals surface area contributed by atoms with Crippen molar-refractivity contribution < 1.29 is 9.59 Å². The number of hydrogen-bond donors (Lipinski definition) is 3. The Bertz CT molecular complexity index is 1020. The van der Waals surface area contributed by atoms with Crippen molar-refractivity contribution in [2.75, 3.05) is 11.9 Å². The monoisotopic (exact) mass is 361 g/mol. The Labute approximate surface area is 158 Å². The molecule has 27 heavy (non-hydrogen) atoms. The van der Waals surface area contributed by atoms with Crippen LogP contribution in [-0.4, -0.2) is 23.3 Å². The second kappa shape index (κ2) is 7.27. The van der Waals surface area contributed by atoms with E-state index in [1.54, 1.807) is 0 Å². The number of hydrogen-bond acceptors (Lipinski definition) is 2. The van der Waals surface area contributed by atoms with Gasteiger partial charge >= 0.3 is 11.8 Å². The van der Waals surface area contributed by atoms with Crippen LogP contribution in [0.5, 0.6) is 0 Å². The van der Waals surface area contributed by atoms with Crippen LogP contribution in [0, 0.1) is 6.92 Å². The largest absolute Gasteiger partial charge is 0.361 e. The normalized spacial score (nSPS) is 12.8. The number of amides is 2. The van der Waals surface area contributed by atoms with E-state index < -0.39 is 11.8 Å². The lowest BCUT2D eigenvalue weighted by Gasteiger charge is -2.08. The van der Waals surface area contributed by atoms with Crippen molar-refractivity contribution in [3.05, 3.63) is 64.8 Å². The minimum atomic E-state index is -0.622. The van der Waals surface area contributed by atoms with Crippen molar-refractivity contribution in [1.29, 1.82) is 0 Å². The highest BCUT2D eigenvalue weighted by atomic mass is 16.2. The van der Waals surface area contributed by atoms with E-state index in [1.165, 1.54) is 22.1 Å². The molecule has 0 spiro atoms. The Balaban J connectivity index is 1.33. The van der Waals surface area contributed by atoms with E-state index in [0.29, 0.717) is 18.7 Å². The van der Waals surface area contributed by atoms with E-state index in [9.17, 15) is 9.59 Å². The zero-order valence-corrected chi connectivity index (χ0v) is 15.4. The lowest BCUT2D eigenvalue weighted by Crippen LogP contribution is -2.36. The lowest BCUT2D eigenvalue weighted by molar-refractivity contribution is -0.136. The molecule has 3 aromatic rings. The summed E-state index contributed by atoms with van der Waals surface area (Å²) in [7, 11) is 0. The molecule has 3 N–H and O–H groups in total. The summed E-state index contributed by atoms with van der Waals surface area (Å²) in [6, 6.07) is 12.0. The minimum absolute atomic E-state index is 0.414. The number of fused-ring (bicyclic) bond motifs is 2. The fourth-order valence-corrected chi connectivity index (χ4v) is 3.88. The number of carbonyl (C=O) groups excluding carboxylic acids is 2. The van der Waals surface area contributed by atoms with Crippen LogP contribution in [-0.2, 0) is 28.9 Å². The number of anilines is 1. The molecule has 0 fully saturated rings. The molecule has 0 radical (unpaired) electrons. The molecule has 1 heterocycles. The van der Waals surface area contributed by atoms with Gasteiger partial charge in [-0.05, 0) is 73.1 Å². The Morgan fingerprint density at radius 3 is 2.81 bits per heavy atom. The summed E-state index contributed by atoms with van der Waals surface area (Å²) >= 11 is 0. The smallest absolute Gasteiger partial charge is 0.313 e. The van der Waals surface area contributed by atoms with Gasteiger partial charge in [-0.15, -0.1) is 0 Å². The third kappa shape index (κ3) is 3.58. The van der Waals surface area contributed by atoms with Gasteiger partial charge in [0, 0.05) is 29.3 Å². The van der Waals surface area contributed by atoms with Gasteiger partial charge in [0.05, 0.1) is 0 Å². The third-order valence-corrected chi connectivity index (χ3v) is 5.24. The Hall–Kier alpha value is -3.08. The summed E-state index contributed by atoms with van der Waals surface area (Å²) in [6.45, 7) is 2.49. The highest BCUT2D eigenvalue weighted by Crippen LogP contribution is 2.25. The predicted molar refractivity (Wildman–Crippen MR) is 107 cm³/mol. The van der Waals surface area contributed by atoms with Crippen LogP contribution in [0.2, 0.25) is 0 Å². The zero-order chi connectivity index (χ0) is 18.8. The number of nitrogens with one attached hydrogen (secondary N) is 3. The number of aromatic amines is 1. The maximum absolute atomic E-state index is 12.1. The lowest BCUT2D eigenvalue weighted by atomic mass is 10.1. The molecule has 0 saturated heterocycles. The van der Waals surface area contributed by atoms with E-state index in [0.717, 1.165) is 30.3 Å². The number of rotatable bonds is 4. The van der Waals surface area contributed by atoms with Crippen molar-refractivity contribution in [1.82, 2.24) is 10.3 Å². The van der Waals surface area contributed by atoms with Crippen LogP contribution < -0.4 is 10.6 Å². The molecule has 138 valence electrons. The number of carbonyl (C=O) groups is 2. The van der Waals surface area contributed by atoms with Gasteiger partial charge in [0.25, 0.3) is 0 Å². The highest BCUT2D eigenvalue weighted by molar-refractivity contribution is 6.39. The third-order valence-electron chi connectivity index (χ3n) is 5.24. The van der Waals surface area contributed by atoms with Gasteiger partial charge in [0.2, 0.25) is 0 Å². The first-order valence-corrected chi connectivity index (χ1v) is 9.38. The average molecular weight is 361 g/mol. The quantitative estimate of drug-likeness (QED) is 0.624. The molecule has 1 aromatic heterocycles. The highest BCUT2D eigenvalue weighted by Gasteiger charge is 2.16. The molecule has 0 saturated carbocycles. The molecule has 1 aliphatic rings. The summed E-state index contributed by atoms with van der Waals surface area (Å²) in [5.41, 5.74) is 6.72. The summed E-state index contributed by atoms with van der Waals surface area (Å²) < 4.78 is 0. The van der Waals surface area contributed by atoms with Crippen molar-refractivity contribution >= 4 is 28.4 Å². The molecule has 2 amide bonds. The Morgan fingerprint density at radius 2 is 1.93 bits per heavy atom. The van der Waals surface area contributed by atoms with E-state index >= 15 is 0 Å². The van der Waals surface area contributed by atoms with Gasteiger partial charge < -0.3 is 15.6 Å². The molecule has 0 unspecified atom stereocenters. The molecule has 0 atom stereocenters. The van der Waals surface area contributed by atoms with E-state index in [-0.39, 0.29) is 0 Å². The number of aromatic nitrogens is 1. The van der Waals surface area contributed by atoms with Crippen molar-refractivity contribution in [3.8, 4) is 0 Å². The van der Waals surface area contributed by atoms with Crippen molar-refractivity contribution in [2.24, 2.45) is 0 Å². The summed E-state index contributed by atoms with van der Waals surface area (Å²) in [6.07, 6.45) is 5.92. The molecule has 0 aliphatic heterocycles.